The molecule has 0 N–H and O–H groups in total. The van der Waals surface area contributed by atoms with E-state index in [0.29, 0.717) is 5.92 Å². The molecule has 0 saturated carbocycles. The molecule has 1 aliphatic rings. The van der Waals surface area contributed by atoms with Crippen LogP contribution in [0.3, 0.4) is 0 Å². The molecular weight excluding hydrogens is 210 g/mol. The van der Waals surface area contributed by atoms with Crippen molar-refractivity contribution in [3.63, 3.8) is 0 Å². The van der Waals surface area contributed by atoms with Gasteiger partial charge in [0.15, 0.2) is 5.78 Å². The van der Waals surface area contributed by atoms with Crippen LogP contribution in [0.15, 0.2) is 42.5 Å². The molecular formula is C15H19NO. The Labute approximate surface area is 103 Å². The Morgan fingerprint density at radius 1 is 1.29 bits per heavy atom. The van der Waals surface area contributed by atoms with E-state index < -0.39 is 0 Å². The maximum atomic E-state index is 11.9. The summed E-state index contributed by atoms with van der Waals surface area (Å²) >= 11 is 0. The molecule has 0 fully saturated rings. The zero-order valence-corrected chi connectivity index (χ0v) is 10.5. The van der Waals surface area contributed by atoms with Crippen LogP contribution in [0.25, 0.3) is 0 Å². The van der Waals surface area contributed by atoms with E-state index >= 15 is 0 Å². The predicted octanol–water partition coefficient (Wildman–Crippen LogP) is 2.65. The highest BCUT2D eigenvalue weighted by Crippen LogP contribution is 2.19. The first-order chi connectivity index (χ1) is 8.18. The Balaban J connectivity index is 2.14. The lowest BCUT2D eigenvalue weighted by atomic mass is 9.94. The van der Waals surface area contributed by atoms with Gasteiger partial charge in [-0.3, -0.25) is 9.69 Å². The van der Waals surface area contributed by atoms with E-state index in [0.717, 1.165) is 13.1 Å². The third-order valence-electron chi connectivity index (χ3n) is 3.17. The third kappa shape index (κ3) is 2.83. The van der Waals surface area contributed by atoms with Crippen LogP contribution in [-0.4, -0.2) is 23.3 Å². The molecule has 0 amide bonds. The molecule has 0 saturated heterocycles. The van der Waals surface area contributed by atoms with E-state index in [-0.39, 0.29) is 11.8 Å². The maximum absolute atomic E-state index is 11.9. The van der Waals surface area contributed by atoms with E-state index in [9.17, 15) is 4.79 Å². The highest BCUT2D eigenvalue weighted by atomic mass is 16.1. The summed E-state index contributed by atoms with van der Waals surface area (Å²) in [5.74, 6) is 0.596. The van der Waals surface area contributed by atoms with Crippen molar-refractivity contribution >= 4 is 5.78 Å². The van der Waals surface area contributed by atoms with Gasteiger partial charge in [0.1, 0.15) is 0 Å². The molecule has 2 rings (SSSR count). The molecule has 0 bridgehead atoms. The minimum Gasteiger partial charge on any atom is -0.293 e. The number of benzene rings is 1. The smallest absolute Gasteiger partial charge is 0.172 e. The van der Waals surface area contributed by atoms with Gasteiger partial charge in [-0.2, -0.15) is 0 Å². The van der Waals surface area contributed by atoms with Gasteiger partial charge in [0.2, 0.25) is 0 Å². The van der Waals surface area contributed by atoms with Crippen LogP contribution in [-0.2, 0) is 11.3 Å². The van der Waals surface area contributed by atoms with E-state index in [1.807, 2.05) is 24.3 Å². The Morgan fingerprint density at radius 3 is 2.65 bits per heavy atom. The van der Waals surface area contributed by atoms with E-state index in [1.54, 1.807) is 6.08 Å². The molecule has 1 atom stereocenters. The molecule has 2 nitrogen and oxygen atoms in total. The average molecular weight is 229 g/mol. The summed E-state index contributed by atoms with van der Waals surface area (Å²) in [6, 6.07) is 10.4. The molecule has 0 spiro atoms. The van der Waals surface area contributed by atoms with Gasteiger partial charge in [0.25, 0.3) is 0 Å². The summed E-state index contributed by atoms with van der Waals surface area (Å²) in [4.78, 5) is 14.2. The van der Waals surface area contributed by atoms with Crippen LogP contribution in [0.2, 0.25) is 0 Å². The summed E-state index contributed by atoms with van der Waals surface area (Å²) in [7, 11) is 0. The van der Waals surface area contributed by atoms with E-state index in [1.165, 1.54) is 5.56 Å². The number of hydrogen-bond acceptors (Lipinski definition) is 2. The normalized spacial score (nSPS) is 21.1. The topological polar surface area (TPSA) is 20.3 Å². The second-order valence-electron chi connectivity index (χ2n) is 4.91. The number of nitrogens with zero attached hydrogens (tertiary/aromatic N) is 1. The summed E-state index contributed by atoms with van der Waals surface area (Å²) in [5, 5.41) is 0. The zero-order valence-electron chi connectivity index (χ0n) is 10.5. The van der Waals surface area contributed by atoms with Gasteiger partial charge in [-0.1, -0.05) is 50.3 Å². The average Bonchev–Trinajstić information content (AvgIpc) is 2.30. The molecule has 1 aromatic rings. The number of rotatable bonds is 3. The summed E-state index contributed by atoms with van der Waals surface area (Å²) < 4.78 is 0. The minimum atomic E-state index is 0.0280. The lowest BCUT2D eigenvalue weighted by molar-refractivity contribution is -0.121. The first-order valence-electron chi connectivity index (χ1n) is 6.17. The Bertz CT molecular complexity index is 408. The van der Waals surface area contributed by atoms with Crippen LogP contribution in [0.4, 0.5) is 0 Å². The fourth-order valence-electron chi connectivity index (χ4n) is 2.43. The molecule has 1 aliphatic heterocycles. The van der Waals surface area contributed by atoms with Crippen molar-refractivity contribution in [3.05, 3.63) is 48.0 Å². The lowest BCUT2D eigenvalue weighted by Crippen LogP contribution is -2.46. The highest BCUT2D eigenvalue weighted by molar-refractivity contribution is 5.95. The van der Waals surface area contributed by atoms with Gasteiger partial charge < -0.3 is 0 Å². The minimum absolute atomic E-state index is 0.0280. The maximum Gasteiger partial charge on any atom is 0.172 e. The van der Waals surface area contributed by atoms with Crippen molar-refractivity contribution in [1.29, 1.82) is 0 Å². The molecule has 0 unspecified atom stereocenters. The fraction of sp³-hybridized carbons (Fsp3) is 0.400. The number of carbonyl (C=O) groups is 1. The first kappa shape index (κ1) is 12.1. The van der Waals surface area contributed by atoms with Crippen molar-refractivity contribution in [1.82, 2.24) is 4.90 Å². The SMILES string of the molecule is CC(C)[C@H]1C(=O)C=CCN1Cc1ccccc1. The number of ketones is 1. The number of carbonyl (C=O) groups excluding carboxylic acids is 1. The molecule has 2 heteroatoms. The van der Waals surface area contributed by atoms with Gasteiger partial charge in [0, 0.05) is 13.1 Å². The second-order valence-corrected chi connectivity index (χ2v) is 4.91. The zero-order chi connectivity index (χ0) is 12.3. The fourth-order valence-corrected chi connectivity index (χ4v) is 2.43. The van der Waals surface area contributed by atoms with Crippen LogP contribution in [0.5, 0.6) is 0 Å². The van der Waals surface area contributed by atoms with E-state index in [2.05, 4.69) is 30.9 Å². The molecule has 0 aliphatic carbocycles. The monoisotopic (exact) mass is 229 g/mol. The van der Waals surface area contributed by atoms with E-state index in [4.69, 9.17) is 0 Å². The second kappa shape index (κ2) is 5.28. The highest BCUT2D eigenvalue weighted by Gasteiger charge is 2.28. The van der Waals surface area contributed by atoms with Gasteiger partial charge in [-0.25, -0.2) is 0 Å². The van der Waals surface area contributed by atoms with Crippen molar-refractivity contribution in [2.45, 2.75) is 26.4 Å². The van der Waals surface area contributed by atoms with Crippen LogP contribution in [0.1, 0.15) is 19.4 Å². The Hall–Kier alpha value is -1.41. The van der Waals surface area contributed by atoms with Crippen molar-refractivity contribution in [2.24, 2.45) is 5.92 Å². The Kier molecular flexibility index (Phi) is 3.75. The lowest BCUT2D eigenvalue weighted by Gasteiger charge is -2.34. The molecule has 0 radical (unpaired) electrons. The molecule has 0 aromatic heterocycles. The van der Waals surface area contributed by atoms with Crippen molar-refractivity contribution < 1.29 is 4.79 Å². The summed E-state index contributed by atoms with van der Waals surface area (Å²) in [6.07, 6.45) is 3.69. The van der Waals surface area contributed by atoms with Crippen molar-refractivity contribution in [2.75, 3.05) is 6.54 Å². The van der Waals surface area contributed by atoms with Gasteiger partial charge in [0.05, 0.1) is 6.04 Å². The van der Waals surface area contributed by atoms with Crippen LogP contribution >= 0.6 is 0 Å². The van der Waals surface area contributed by atoms with Gasteiger partial charge in [-0.05, 0) is 17.6 Å². The molecule has 90 valence electrons. The van der Waals surface area contributed by atoms with Gasteiger partial charge in [-0.15, -0.1) is 0 Å². The number of hydrogen-bond donors (Lipinski definition) is 0. The largest absolute Gasteiger partial charge is 0.293 e. The third-order valence-corrected chi connectivity index (χ3v) is 3.17. The molecule has 17 heavy (non-hydrogen) atoms. The van der Waals surface area contributed by atoms with Crippen LogP contribution < -0.4 is 0 Å². The van der Waals surface area contributed by atoms with Gasteiger partial charge >= 0.3 is 0 Å². The Morgan fingerprint density at radius 2 is 2.00 bits per heavy atom. The predicted molar refractivity (Wildman–Crippen MR) is 69.6 cm³/mol. The van der Waals surface area contributed by atoms with Crippen molar-refractivity contribution in [3.8, 4) is 0 Å². The first-order valence-corrected chi connectivity index (χ1v) is 6.17. The quantitative estimate of drug-likeness (QED) is 0.794. The standard InChI is InChI=1S/C15H19NO/c1-12(2)15-14(17)9-6-10-16(15)11-13-7-4-3-5-8-13/h3-9,12,15H,10-11H2,1-2H3/t15-/m0/s1. The molecule has 1 aromatic carbocycles. The molecule has 1 heterocycles. The summed E-state index contributed by atoms with van der Waals surface area (Å²) in [6.45, 7) is 5.93. The summed E-state index contributed by atoms with van der Waals surface area (Å²) in [5.41, 5.74) is 1.27. The van der Waals surface area contributed by atoms with Crippen LogP contribution in [0, 0.1) is 5.92 Å².